The summed E-state index contributed by atoms with van der Waals surface area (Å²) in [7, 11) is 1.93. The zero-order valence-electron chi connectivity index (χ0n) is 11.2. The van der Waals surface area contributed by atoms with Gasteiger partial charge in [0.1, 0.15) is 11.6 Å². The number of hydrogen-bond acceptors (Lipinski definition) is 4. The van der Waals surface area contributed by atoms with E-state index in [1.54, 1.807) is 0 Å². The molecule has 3 nitrogen and oxygen atoms in total. The Labute approximate surface area is 117 Å². The molecule has 0 amide bonds. The Morgan fingerprint density at radius 1 is 1.21 bits per heavy atom. The number of hydrogen-bond donors (Lipinski definition) is 1. The molecule has 0 radical (unpaired) electrons. The summed E-state index contributed by atoms with van der Waals surface area (Å²) in [5, 5.41) is 3.20. The SMILES string of the molecule is CNc1nc(Cc2ccccc2C)nc2c1CSC2. The normalized spacial score (nSPS) is 13.4. The van der Waals surface area contributed by atoms with Crippen molar-refractivity contribution in [2.24, 2.45) is 0 Å². The Kier molecular flexibility index (Phi) is 3.42. The maximum atomic E-state index is 4.73. The van der Waals surface area contributed by atoms with Crippen LogP contribution in [-0.4, -0.2) is 17.0 Å². The van der Waals surface area contributed by atoms with Gasteiger partial charge in [-0.1, -0.05) is 24.3 Å². The summed E-state index contributed by atoms with van der Waals surface area (Å²) in [5.74, 6) is 3.95. The highest BCUT2D eigenvalue weighted by atomic mass is 32.2. The Morgan fingerprint density at radius 3 is 2.84 bits per heavy atom. The second kappa shape index (κ2) is 5.21. The van der Waals surface area contributed by atoms with E-state index in [2.05, 4.69) is 41.5 Å². The molecule has 3 rings (SSSR count). The molecule has 1 aliphatic rings. The zero-order chi connectivity index (χ0) is 13.2. The van der Waals surface area contributed by atoms with E-state index in [0.717, 1.165) is 29.6 Å². The van der Waals surface area contributed by atoms with E-state index in [1.807, 2.05) is 18.8 Å². The summed E-state index contributed by atoms with van der Waals surface area (Å²) in [4.78, 5) is 9.39. The highest BCUT2D eigenvalue weighted by Gasteiger charge is 2.19. The summed E-state index contributed by atoms with van der Waals surface area (Å²) in [5.41, 5.74) is 5.08. The summed E-state index contributed by atoms with van der Waals surface area (Å²) >= 11 is 1.91. The van der Waals surface area contributed by atoms with Crippen molar-refractivity contribution in [3.63, 3.8) is 0 Å². The number of aryl methyl sites for hydroxylation is 1. The molecule has 1 aromatic heterocycles. The average molecular weight is 271 g/mol. The number of benzene rings is 1. The van der Waals surface area contributed by atoms with E-state index in [4.69, 9.17) is 4.98 Å². The van der Waals surface area contributed by atoms with Crippen LogP contribution in [0.15, 0.2) is 24.3 Å². The van der Waals surface area contributed by atoms with Gasteiger partial charge in [0.2, 0.25) is 0 Å². The second-order valence-electron chi connectivity index (χ2n) is 4.76. The molecular weight excluding hydrogens is 254 g/mol. The molecule has 0 atom stereocenters. The topological polar surface area (TPSA) is 37.8 Å². The third-order valence-electron chi connectivity index (χ3n) is 3.47. The lowest BCUT2D eigenvalue weighted by Crippen LogP contribution is -2.07. The van der Waals surface area contributed by atoms with Gasteiger partial charge in [0.15, 0.2) is 0 Å². The van der Waals surface area contributed by atoms with Crippen molar-refractivity contribution in [3.8, 4) is 0 Å². The molecular formula is C15H17N3S. The lowest BCUT2D eigenvalue weighted by atomic mass is 10.1. The lowest BCUT2D eigenvalue weighted by Gasteiger charge is -2.10. The molecule has 2 aromatic rings. The summed E-state index contributed by atoms with van der Waals surface area (Å²) < 4.78 is 0. The van der Waals surface area contributed by atoms with Crippen LogP contribution in [0.4, 0.5) is 5.82 Å². The number of aromatic nitrogens is 2. The van der Waals surface area contributed by atoms with E-state index in [1.165, 1.54) is 22.4 Å². The lowest BCUT2D eigenvalue weighted by molar-refractivity contribution is 0.925. The number of nitrogens with one attached hydrogen (secondary N) is 1. The molecule has 2 heterocycles. The fourth-order valence-electron chi connectivity index (χ4n) is 2.37. The largest absolute Gasteiger partial charge is 0.373 e. The van der Waals surface area contributed by atoms with Gasteiger partial charge < -0.3 is 5.32 Å². The first-order valence-corrected chi connectivity index (χ1v) is 7.62. The van der Waals surface area contributed by atoms with Crippen LogP contribution in [-0.2, 0) is 17.9 Å². The minimum atomic E-state index is 0.805. The maximum absolute atomic E-state index is 4.73. The van der Waals surface area contributed by atoms with Gasteiger partial charge in [0, 0.05) is 30.5 Å². The first-order chi connectivity index (χ1) is 9.28. The Bertz CT molecular complexity index is 610. The number of thioether (sulfide) groups is 1. The van der Waals surface area contributed by atoms with Gasteiger partial charge in [0.25, 0.3) is 0 Å². The molecule has 0 spiro atoms. The fraction of sp³-hybridized carbons (Fsp3) is 0.333. The van der Waals surface area contributed by atoms with E-state index in [-0.39, 0.29) is 0 Å². The Morgan fingerprint density at radius 2 is 2.05 bits per heavy atom. The smallest absolute Gasteiger partial charge is 0.135 e. The molecule has 0 saturated heterocycles. The third kappa shape index (κ3) is 2.45. The molecule has 1 aromatic carbocycles. The molecule has 1 N–H and O–H groups in total. The van der Waals surface area contributed by atoms with Crippen LogP contribution in [0, 0.1) is 6.92 Å². The molecule has 0 fully saturated rings. The predicted octanol–water partition coefficient (Wildman–Crippen LogP) is 3.16. The van der Waals surface area contributed by atoms with Gasteiger partial charge in [-0.3, -0.25) is 0 Å². The van der Waals surface area contributed by atoms with Crippen molar-refractivity contribution >= 4 is 17.6 Å². The van der Waals surface area contributed by atoms with Gasteiger partial charge in [-0.2, -0.15) is 11.8 Å². The molecule has 98 valence electrons. The quantitative estimate of drug-likeness (QED) is 0.930. The minimum Gasteiger partial charge on any atom is -0.373 e. The molecule has 0 aliphatic carbocycles. The van der Waals surface area contributed by atoms with Crippen LogP contribution < -0.4 is 5.32 Å². The van der Waals surface area contributed by atoms with Crippen LogP contribution in [0.25, 0.3) is 0 Å². The van der Waals surface area contributed by atoms with Gasteiger partial charge in [-0.25, -0.2) is 9.97 Å². The van der Waals surface area contributed by atoms with E-state index in [0.29, 0.717) is 0 Å². The zero-order valence-corrected chi connectivity index (χ0v) is 12.0. The number of rotatable bonds is 3. The van der Waals surface area contributed by atoms with Gasteiger partial charge in [-0.05, 0) is 18.1 Å². The van der Waals surface area contributed by atoms with Gasteiger partial charge in [-0.15, -0.1) is 0 Å². The Hall–Kier alpha value is -1.55. The monoisotopic (exact) mass is 271 g/mol. The molecule has 0 unspecified atom stereocenters. The van der Waals surface area contributed by atoms with Crippen LogP contribution in [0.1, 0.15) is 28.2 Å². The van der Waals surface area contributed by atoms with Gasteiger partial charge >= 0.3 is 0 Å². The van der Waals surface area contributed by atoms with E-state index >= 15 is 0 Å². The van der Waals surface area contributed by atoms with Gasteiger partial charge in [0.05, 0.1) is 5.69 Å². The molecule has 0 saturated carbocycles. The number of fused-ring (bicyclic) bond motifs is 1. The summed E-state index contributed by atoms with van der Waals surface area (Å²) in [6, 6.07) is 8.43. The highest BCUT2D eigenvalue weighted by Crippen LogP contribution is 2.32. The molecule has 0 bridgehead atoms. The van der Waals surface area contributed by atoms with Crippen molar-refractivity contribution in [2.45, 2.75) is 24.9 Å². The van der Waals surface area contributed by atoms with Crippen LogP contribution in [0.2, 0.25) is 0 Å². The number of nitrogens with zero attached hydrogens (tertiary/aromatic N) is 2. The van der Waals surface area contributed by atoms with Crippen molar-refractivity contribution < 1.29 is 0 Å². The first-order valence-electron chi connectivity index (χ1n) is 6.46. The standard InChI is InChI=1S/C15H17N3S/c1-10-5-3-4-6-11(10)7-14-17-13-9-19-8-12(13)15(16-2)18-14/h3-6H,7-9H2,1-2H3,(H,16,17,18). The van der Waals surface area contributed by atoms with Crippen molar-refractivity contribution in [1.29, 1.82) is 0 Å². The number of anilines is 1. The first kappa shape index (κ1) is 12.5. The second-order valence-corrected chi connectivity index (χ2v) is 5.75. The predicted molar refractivity (Wildman–Crippen MR) is 80.6 cm³/mol. The van der Waals surface area contributed by atoms with Crippen LogP contribution >= 0.6 is 11.8 Å². The summed E-state index contributed by atoms with van der Waals surface area (Å²) in [6.07, 6.45) is 0.805. The van der Waals surface area contributed by atoms with E-state index in [9.17, 15) is 0 Å². The van der Waals surface area contributed by atoms with Crippen LogP contribution in [0.3, 0.4) is 0 Å². The molecule has 4 heteroatoms. The maximum Gasteiger partial charge on any atom is 0.135 e. The highest BCUT2D eigenvalue weighted by molar-refractivity contribution is 7.98. The van der Waals surface area contributed by atoms with Crippen LogP contribution in [0.5, 0.6) is 0 Å². The van der Waals surface area contributed by atoms with Crippen molar-refractivity contribution in [1.82, 2.24) is 9.97 Å². The molecule has 1 aliphatic heterocycles. The minimum absolute atomic E-state index is 0.805. The van der Waals surface area contributed by atoms with Crippen molar-refractivity contribution in [3.05, 3.63) is 52.5 Å². The van der Waals surface area contributed by atoms with E-state index < -0.39 is 0 Å². The summed E-state index contributed by atoms with van der Waals surface area (Å²) in [6.45, 7) is 2.14. The van der Waals surface area contributed by atoms with Crippen molar-refractivity contribution in [2.75, 3.05) is 12.4 Å². The Balaban J connectivity index is 1.96. The fourth-order valence-corrected chi connectivity index (χ4v) is 3.41. The third-order valence-corrected chi connectivity index (χ3v) is 4.44. The molecule has 19 heavy (non-hydrogen) atoms. The average Bonchev–Trinajstić information content (AvgIpc) is 2.89.